The summed E-state index contributed by atoms with van der Waals surface area (Å²) < 4.78 is 33.3. The predicted octanol–water partition coefficient (Wildman–Crippen LogP) is 1.44. The smallest absolute Gasteiger partial charge is 0.243 e. The van der Waals surface area contributed by atoms with E-state index in [2.05, 4.69) is 20.0 Å². The van der Waals surface area contributed by atoms with Gasteiger partial charge in [-0.3, -0.25) is 0 Å². The normalized spacial score (nSPS) is 17.1. The van der Waals surface area contributed by atoms with Crippen LogP contribution >= 0.6 is 0 Å². The average Bonchev–Trinajstić information content (AvgIpc) is 2.68. The lowest BCUT2D eigenvalue weighted by molar-refractivity contribution is 0.0577. The first-order chi connectivity index (χ1) is 12.5. The molecule has 0 amide bonds. The fourth-order valence-electron chi connectivity index (χ4n) is 3.16. The van der Waals surface area contributed by atoms with Crippen molar-refractivity contribution in [3.63, 3.8) is 0 Å². The van der Waals surface area contributed by atoms with Gasteiger partial charge in [0, 0.05) is 24.6 Å². The lowest BCUT2D eigenvalue weighted by Crippen LogP contribution is -2.47. The minimum atomic E-state index is -3.67. The molecule has 0 radical (unpaired) electrons. The minimum Gasteiger partial charge on any atom is -0.384 e. The van der Waals surface area contributed by atoms with Crippen molar-refractivity contribution in [2.45, 2.75) is 17.7 Å². The quantitative estimate of drug-likeness (QED) is 0.760. The van der Waals surface area contributed by atoms with Crippen LogP contribution in [-0.4, -0.2) is 51.7 Å². The molecule has 7 nitrogen and oxygen atoms in total. The molecule has 2 N–H and O–H groups in total. The van der Waals surface area contributed by atoms with E-state index in [9.17, 15) is 8.42 Å². The number of hydrogen-bond acceptors (Lipinski definition) is 6. The molecule has 140 valence electrons. The standard InChI is InChI=1S/C18H24N4O3S/c1-25-14-18(7-9-19-10-8-18)13-22-26(23,24)16-11-20-17(21-12-16)15-5-3-2-4-6-15/h2-6,11-12,19,22H,7-10,13-14H2,1H3. The Labute approximate surface area is 154 Å². The summed E-state index contributed by atoms with van der Waals surface area (Å²) in [7, 11) is -2.02. The maximum absolute atomic E-state index is 12.6. The molecule has 8 heteroatoms. The van der Waals surface area contributed by atoms with E-state index in [0.717, 1.165) is 31.5 Å². The maximum Gasteiger partial charge on any atom is 0.243 e. The number of sulfonamides is 1. The Bertz CT molecular complexity index is 799. The van der Waals surface area contributed by atoms with Gasteiger partial charge in [-0.2, -0.15) is 0 Å². The zero-order valence-electron chi connectivity index (χ0n) is 14.8. The van der Waals surface area contributed by atoms with Gasteiger partial charge in [0.15, 0.2) is 5.82 Å². The van der Waals surface area contributed by atoms with Gasteiger partial charge in [-0.05, 0) is 25.9 Å². The lowest BCUT2D eigenvalue weighted by Gasteiger charge is -2.37. The number of rotatable bonds is 7. The molecule has 3 rings (SSSR count). The van der Waals surface area contributed by atoms with Crippen molar-refractivity contribution in [1.82, 2.24) is 20.0 Å². The van der Waals surface area contributed by atoms with Crippen LogP contribution in [0.25, 0.3) is 11.4 Å². The molecule has 0 unspecified atom stereocenters. The molecule has 2 heterocycles. The van der Waals surface area contributed by atoms with Crippen LogP contribution < -0.4 is 10.0 Å². The van der Waals surface area contributed by atoms with E-state index in [1.165, 1.54) is 12.4 Å². The molecule has 0 aliphatic carbocycles. The molecule has 0 saturated carbocycles. The predicted molar refractivity (Wildman–Crippen MR) is 99.1 cm³/mol. The van der Waals surface area contributed by atoms with Gasteiger partial charge in [-0.15, -0.1) is 0 Å². The Balaban J connectivity index is 1.71. The lowest BCUT2D eigenvalue weighted by atomic mass is 9.80. The second-order valence-corrected chi connectivity index (χ2v) is 8.38. The Morgan fingerprint density at radius 3 is 2.42 bits per heavy atom. The summed E-state index contributed by atoms with van der Waals surface area (Å²) in [4.78, 5) is 8.47. The second-order valence-electron chi connectivity index (χ2n) is 6.62. The molecular weight excluding hydrogens is 352 g/mol. The SMILES string of the molecule is COCC1(CNS(=O)(=O)c2cnc(-c3ccccc3)nc2)CCNCC1. The van der Waals surface area contributed by atoms with Gasteiger partial charge in [0.2, 0.25) is 10.0 Å². The molecule has 2 aromatic rings. The highest BCUT2D eigenvalue weighted by atomic mass is 32.2. The van der Waals surface area contributed by atoms with E-state index < -0.39 is 10.0 Å². The first-order valence-electron chi connectivity index (χ1n) is 8.62. The van der Waals surface area contributed by atoms with Crippen molar-refractivity contribution in [2.75, 3.05) is 33.4 Å². The van der Waals surface area contributed by atoms with Crippen LogP contribution in [0.5, 0.6) is 0 Å². The van der Waals surface area contributed by atoms with Gasteiger partial charge < -0.3 is 10.1 Å². The van der Waals surface area contributed by atoms with Crippen molar-refractivity contribution in [3.8, 4) is 11.4 Å². The van der Waals surface area contributed by atoms with Gasteiger partial charge in [-0.25, -0.2) is 23.1 Å². The van der Waals surface area contributed by atoms with Crippen LogP contribution in [0.3, 0.4) is 0 Å². The summed E-state index contributed by atoms with van der Waals surface area (Å²) in [6.07, 6.45) is 4.44. The van der Waals surface area contributed by atoms with Gasteiger partial charge in [0.1, 0.15) is 4.90 Å². The van der Waals surface area contributed by atoms with Gasteiger partial charge >= 0.3 is 0 Å². The van der Waals surface area contributed by atoms with Gasteiger partial charge in [0.05, 0.1) is 19.0 Å². The maximum atomic E-state index is 12.6. The van der Waals surface area contributed by atoms with E-state index in [1.54, 1.807) is 7.11 Å². The van der Waals surface area contributed by atoms with E-state index in [4.69, 9.17) is 4.74 Å². The largest absolute Gasteiger partial charge is 0.384 e. The first-order valence-corrected chi connectivity index (χ1v) is 10.1. The molecule has 0 spiro atoms. The second kappa shape index (κ2) is 8.22. The summed E-state index contributed by atoms with van der Waals surface area (Å²) in [5.74, 6) is 0.499. The zero-order valence-corrected chi connectivity index (χ0v) is 15.6. The third-order valence-corrected chi connectivity index (χ3v) is 6.08. The highest BCUT2D eigenvalue weighted by Gasteiger charge is 2.33. The van der Waals surface area contributed by atoms with Crippen molar-refractivity contribution in [2.24, 2.45) is 5.41 Å². The fraction of sp³-hybridized carbons (Fsp3) is 0.444. The molecule has 1 fully saturated rings. The molecule has 26 heavy (non-hydrogen) atoms. The minimum absolute atomic E-state index is 0.0682. The van der Waals surface area contributed by atoms with Crippen molar-refractivity contribution in [3.05, 3.63) is 42.7 Å². The third-order valence-electron chi connectivity index (χ3n) is 4.72. The van der Waals surface area contributed by atoms with Crippen LogP contribution in [-0.2, 0) is 14.8 Å². The molecular formula is C18H24N4O3S. The Hall–Kier alpha value is -1.87. The van der Waals surface area contributed by atoms with E-state index in [-0.39, 0.29) is 10.3 Å². The topological polar surface area (TPSA) is 93.2 Å². The average molecular weight is 376 g/mol. The summed E-state index contributed by atoms with van der Waals surface area (Å²) in [6, 6.07) is 9.45. The van der Waals surface area contributed by atoms with Gasteiger partial charge in [-0.1, -0.05) is 30.3 Å². The number of hydrogen-bond donors (Lipinski definition) is 2. The number of nitrogens with one attached hydrogen (secondary N) is 2. The monoisotopic (exact) mass is 376 g/mol. The Kier molecular flexibility index (Phi) is 5.98. The molecule has 1 aromatic heterocycles. The van der Waals surface area contributed by atoms with E-state index in [0.29, 0.717) is 19.0 Å². The Morgan fingerprint density at radius 1 is 1.15 bits per heavy atom. The van der Waals surface area contributed by atoms with E-state index in [1.807, 2.05) is 30.3 Å². The molecule has 1 aliphatic heterocycles. The molecule has 0 atom stereocenters. The van der Waals surface area contributed by atoms with Crippen molar-refractivity contribution < 1.29 is 13.2 Å². The number of methoxy groups -OCH3 is 1. The van der Waals surface area contributed by atoms with Gasteiger partial charge in [0.25, 0.3) is 0 Å². The molecule has 0 bridgehead atoms. The zero-order chi connectivity index (χ0) is 18.5. The van der Waals surface area contributed by atoms with Crippen molar-refractivity contribution in [1.29, 1.82) is 0 Å². The summed E-state index contributed by atoms with van der Waals surface area (Å²) >= 11 is 0. The van der Waals surface area contributed by atoms with Crippen LogP contribution in [0.4, 0.5) is 0 Å². The van der Waals surface area contributed by atoms with Crippen LogP contribution in [0.2, 0.25) is 0 Å². The summed E-state index contributed by atoms with van der Waals surface area (Å²) in [6.45, 7) is 2.59. The first kappa shape index (κ1) is 18.9. The Morgan fingerprint density at radius 2 is 1.81 bits per heavy atom. The van der Waals surface area contributed by atoms with Crippen LogP contribution in [0, 0.1) is 5.41 Å². The number of piperidine rings is 1. The molecule has 1 saturated heterocycles. The van der Waals surface area contributed by atoms with Crippen molar-refractivity contribution >= 4 is 10.0 Å². The summed E-state index contributed by atoms with van der Waals surface area (Å²) in [5, 5.41) is 3.30. The van der Waals surface area contributed by atoms with E-state index >= 15 is 0 Å². The van der Waals surface area contributed by atoms with Crippen LogP contribution in [0.1, 0.15) is 12.8 Å². The molecule has 1 aromatic carbocycles. The summed E-state index contributed by atoms with van der Waals surface area (Å²) in [5.41, 5.74) is 0.663. The highest BCUT2D eigenvalue weighted by molar-refractivity contribution is 7.89. The van der Waals surface area contributed by atoms with Crippen LogP contribution in [0.15, 0.2) is 47.6 Å². The number of aromatic nitrogens is 2. The number of ether oxygens (including phenoxy) is 1. The number of nitrogens with zero attached hydrogens (tertiary/aromatic N) is 2. The fourth-order valence-corrected chi connectivity index (χ4v) is 4.20. The highest BCUT2D eigenvalue weighted by Crippen LogP contribution is 2.28. The third kappa shape index (κ3) is 4.45. The number of benzene rings is 1. The molecule has 1 aliphatic rings.